The van der Waals surface area contributed by atoms with Crippen LogP contribution < -0.4 is 10.5 Å². The zero-order chi connectivity index (χ0) is 15.7. The molecule has 3 rings (SSSR count). The summed E-state index contributed by atoms with van der Waals surface area (Å²) in [7, 11) is 1.76. The summed E-state index contributed by atoms with van der Waals surface area (Å²) in [6.07, 6.45) is 0. The van der Waals surface area contributed by atoms with E-state index in [4.69, 9.17) is 0 Å². The maximum Gasteiger partial charge on any atom is 0.259 e. The van der Waals surface area contributed by atoms with E-state index in [1.165, 1.54) is 12.1 Å². The zero-order valence-corrected chi connectivity index (χ0v) is 12.6. The second-order valence-corrected chi connectivity index (χ2v) is 5.17. The number of nitrogens with zero attached hydrogens (tertiary/aromatic N) is 2. The van der Waals surface area contributed by atoms with E-state index in [-0.39, 0.29) is 11.4 Å². The molecule has 0 saturated carbocycles. The molecule has 0 bridgehead atoms. The average molecular weight is 296 g/mol. The number of hydrogen-bond acceptors (Lipinski definition) is 2. The van der Waals surface area contributed by atoms with Crippen LogP contribution in [0, 0.1) is 5.82 Å². The van der Waals surface area contributed by atoms with Crippen molar-refractivity contribution in [2.24, 2.45) is 7.05 Å². The Morgan fingerprint density at radius 1 is 1.09 bits per heavy atom. The predicted octanol–water partition coefficient (Wildman–Crippen LogP) is 3.84. The summed E-state index contributed by atoms with van der Waals surface area (Å²) in [5, 5.41) is 1.60. The van der Waals surface area contributed by atoms with Crippen molar-refractivity contribution in [3.63, 3.8) is 0 Å². The molecule has 1 heterocycles. The minimum Gasteiger partial charge on any atom is -0.328 e. The molecule has 0 aliphatic rings. The van der Waals surface area contributed by atoms with Gasteiger partial charge in [0.05, 0.1) is 0 Å². The van der Waals surface area contributed by atoms with Crippen LogP contribution in [0.4, 0.5) is 15.9 Å². The Morgan fingerprint density at radius 2 is 1.77 bits per heavy atom. The van der Waals surface area contributed by atoms with Gasteiger partial charge >= 0.3 is 0 Å². The fourth-order valence-electron chi connectivity index (χ4n) is 2.70. The number of fused-ring (bicyclic) bond motifs is 1. The Morgan fingerprint density at radius 3 is 2.45 bits per heavy atom. The summed E-state index contributed by atoms with van der Waals surface area (Å²) in [5.41, 5.74) is 0.822. The van der Waals surface area contributed by atoms with E-state index in [0.717, 1.165) is 16.9 Å². The number of aromatic nitrogens is 1. The van der Waals surface area contributed by atoms with Crippen molar-refractivity contribution in [2.45, 2.75) is 6.92 Å². The van der Waals surface area contributed by atoms with Crippen molar-refractivity contribution in [2.75, 3.05) is 11.4 Å². The van der Waals surface area contributed by atoms with Crippen molar-refractivity contribution in [3.05, 3.63) is 70.8 Å². The molecule has 0 atom stereocenters. The van der Waals surface area contributed by atoms with E-state index in [2.05, 4.69) is 0 Å². The molecular formula is C18H17FN2O. The van der Waals surface area contributed by atoms with Crippen LogP contribution in [-0.4, -0.2) is 11.1 Å². The number of hydrogen-bond donors (Lipinski definition) is 0. The number of halogens is 1. The lowest BCUT2D eigenvalue weighted by Crippen LogP contribution is -2.26. The van der Waals surface area contributed by atoms with Gasteiger partial charge in [-0.1, -0.05) is 18.2 Å². The first-order valence-corrected chi connectivity index (χ1v) is 7.23. The number of rotatable bonds is 3. The average Bonchev–Trinajstić information content (AvgIpc) is 2.54. The maximum atomic E-state index is 13.1. The van der Waals surface area contributed by atoms with E-state index in [9.17, 15) is 9.18 Å². The lowest BCUT2D eigenvalue weighted by molar-refractivity contribution is 0.627. The first-order valence-electron chi connectivity index (χ1n) is 7.23. The molecule has 0 unspecified atom stereocenters. The molecule has 2 aromatic carbocycles. The minimum absolute atomic E-state index is 0.0336. The van der Waals surface area contributed by atoms with Gasteiger partial charge in [0, 0.05) is 24.7 Å². The van der Waals surface area contributed by atoms with E-state index in [1.54, 1.807) is 23.7 Å². The smallest absolute Gasteiger partial charge is 0.259 e. The highest BCUT2D eigenvalue weighted by atomic mass is 19.1. The highest BCUT2D eigenvalue weighted by molar-refractivity contribution is 5.85. The van der Waals surface area contributed by atoms with Crippen molar-refractivity contribution in [1.82, 2.24) is 4.57 Å². The van der Waals surface area contributed by atoms with Gasteiger partial charge in [-0.15, -0.1) is 0 Å². The van der Waals surface area contributed by atoms with Crippen LogP contribution in [0.5, 0.6) is 0 Å². The second-order valence-electron chi connectivity index (χ2n) is 5.17. The van der Waals surface area contributed by atoms with Gasteiger partial charge in [-0.2, -0.15) is 0 Å². The molecule has 0 spiro atoms. The molecule has 0 fully saturated rings. The maximum absolute atomic E-state index is 13.1. The van der Waals surface area contributed by atoms with Gasteiger partial charge in [0.2, 0.25) is 0 Å². The molecule has 0 amide bonds. The molecule has 0 aliphatic heterocycles. The van der Waals surface area contributed by atoms with Crippen LogP contribution in [0.1, 0.15) is 6.92 Å². The van der Waals surface area contributed by atoms with Crippen LogP contribution in [0.3, 0.4) is 0 Å². The summed E-state index contributed by atoms with van der Waals surface area (Å²) in [6, 6.07) is 15.8. The van der Waals surface area contributed by atoms with Gasteiger partial charge < -0.3 is 4.90 Å². The Labute approximate surface area is 128 Å². The van der Waals surface area contributed by atoms with Crippen LogP contribution in [0.25, 0.3) is 10.8 Å². The lowest BCUT2D eigenvalue weighted by Gasteiger charge is -2.25. The fraction of sp³-hybridized carbons (Fsp3) is 0.167. The third-order valence-corrected chi connectivity index (χ3v) is 3.86. The van der Waals surface area contributed by atoms with Crippen LogP contribution in [0.15, 0.2) is 59.4 Å². The molecule has 4 heteroatoms. The van der Waals surface area contributed by atoms with Crippen molar-refractivity contribution in [3.8, 4) is 0 Å². The lowest BCUT2D eigenvalue weighted by atomic mass is 10.1. The summed E-state index contributed by atoms with van der Waals surface area (Å²) < 4.78 is 14.8. The molecule has 0 N–H and O–H groups in total. The van der Waals surface area contributed by atoms with Crippen LogP contribution in [-0.2, 0) is 7.05 Å². The minimum atomic E-state index is -0.271. The Hall–Kier alpha value is -2.62. The highest BCUT2D eigenvalue weighted by Crippen LogP contribution is 2.26. The van der Waals surface area contributed by atoms with E-state index in [0.29, 0.717) is 11.9 Å². The second kappa shape index (κ2) is 5.64. The molecule has 3 nitrogen and oxygen atoms in total. The highest BCUT2D eigenvalue weighted by Gasteiger charge is 2.13. The third-order valence-electron chi connectivity index (χ3n) is 3.86. The molecular weight excluding hydrogens is 279 g/mol. The molecule has 22 heavy (non-hydrogen) atoms. The summed E-state index contributed by atoms with van der Waals surface area (Å²) in [4.78, 5) is 14.5. The number of pyridine rings is 1. The van der Waals surface area contributed by atoms with Gasteiger partial charge in [0.15, 0.2) is 0 Å². The Kier molecular flexibility index (Phi) is 3.67. The van der Waals surface area contributed by atoms with E-state index < -0.39 is 0 Å². The largest absolute Gasteiger partial charge is 0.328 e. The molecule has 0 saturated heterocycles. The van der Waals surface area contributed by atoms with Crippen molar-refractivity contribution >= 4 is 22.3 Å². The normalized spacial score (nSPS) is 10.9. The monoisotopic (exact) mass is 296 g/mol. The van der Waals surface area contributed by atoms with Gasteiger partial charge in [-0.3, -0.25) is 9.36 Å². The molecule has 3 aromatic rings. The standard InChI is InChI=1S/C18H17FN2O/c1-3-21(15-10-8-14(19)9-11-15)17-12-13-6-4-5-7-16(13)18(22)20(17)2/h4-12H,3H2,1-2H3. The van der Waals surface area contributed by atoms with Gasteiger partial charge in [-0.25, -0.2) is 4.39 Å². The van der Waals surface area contributed by atoms with Gasteiger partial charge in [0.1, 0.15) is 11.6 Å². The summed E-state index contributed by atoms with van der Waals surface area (Å²) in [5.74, 6) is 0.519. The first kappa shape index (κ1) is 14.3. The first-order chi connectivity index (χ1) is 10.6. The van der Waals surface area contributed by atoms with Crippen molar-refractivity contribution < 1.29 is 4.39 Å². The Balaban J connectivity index is 2.21. The molecule has 1 aromatic heterocycles. The topological polar surface area (TPSA) is 25.2 Å². The van der Waals surface area contributed by atoms with E-state index >= 15 is 0 Å². The van der Waals surface area contributed by atoms with Gasteiger partial charge in [-0.05, 0) is 48.7 Å². The van der Waals surface area contributed by atoms with Crippen LogP contribution >= 0.6 is 0 Å². The molecule has 112 valence electrons. The summed E-state index contributed by atoms with van der Waals surface area (Å²) in [6.45, 7) is 2.68. The fourth-order valence-corrected chi connectivity index (χ4v) is 2.70. The van der Waals surface area contributed by atoms with Crippen molar-refractivity contribution in [1.29, 1.82) is 0 Å². The Bertz CT molecular complexity index is 868. The predicted molar refractivity (Wildman–Crippen MR) is 88.3 cm³/mol. The quantitative estimate of drug-likeness (QED) is 0.734. The number of benzene rings is 2. The molecule has 0 aliphatic carbocycles. The third kappa shape index (κ3) is 2.37. The zero-order valence-electron chi connectivity index (χ0n) is 12.6. The SMILES string of the molecule is CCN(c1ccc(F)cc1)c1cc2ccccc2c(=O)n1C. The number of anilines is 2. The summed E-state index contributed by atoms with van der Waals surface area (Å²) >= 11 is 0. The van der Waals surface area contributed by atoms with E-state index in [1.807, 2.05) is 42.2 Å². The molecule has 0 radical (unpaired) electrons. The van der Waals surface area contributed by atoms with Gasteiger partial charge in [0.25, 0.3) is 5.56 Å². The van der Waals surface area contributed by atoms with Crippen LogP contribution in [0.2, 0.25) is 0 Å².